The summed E-state index contributed by atoms with van der Waals surface area (Å²) in [6.07, 6.45) is 12.6. The summed E-state index contributed by atoms with van der Waals surface area (Å²) in [5.74, 6) is 16.9. The predicted octanol–water partition coefficient (Wildman–Crippen LogP) is 34.9. The molecule has 0 aliphatic heterocycles. The van der Waals surface area contributed by atoms with Gasteiger partial charge in [0.05, 0.1) is 29.8 Å². The lowest BCUT2D eigenvalue weighted by atomic mass is 9.89. The molecule has 5 atom stereocenters. The van der Waals surface area contributed by atoms with Gasteiger partial charge < -0.3 is 36.0 Å². The van der Waals surface area contributed by atoms with Crippen LogP contribution in [0.15, 0.2) is 0 Å². The average molecular weight is 2280 g/mol. The van der Waals surface area contributed by atoms with Crippen LogP contribution in [0.25, 0.3) is 0 Å². The molecule has 0 heterocycles. The Hall–Kier alpha value is -0.590. The first-order valence-corrected chi connectivity index (χ1v) is 66.4. The number of amides is 4. The van der Waals surface area contributed by atoms with Gasteiger partial charge in [0.25, 0.3) is 0 Å². The van der Waals surface area contributed by atoms with Gasteiger partial charge in [-0.25, -0.2) is 0 Å². The van der Waals surface area contributed by atoms with Crippen molar-refractivity contribution in [2.24, 2.45) is 103 Å². The number of carbonyl (C=O) groups excluding carboxylic acids is 7. The molecule has 0 aliphatic carbocycles. The van der Waals surface area contributed by atoms with E-state index in [9.17, 15) is 43.8 Å². The van der Waals surface area contributed by atoms with Crippen molar-refractivity contribution in [2.75, 3.05) is 146 Å². The number of hydrogen-bond donors (Lipinski definition) is 5. The van der Waals surface area contributed by atoms with E-state index in [1.165, 1.54) is 0 Å². The average Bonchev–Trinajstić information content (AvgIpc) is 0.886. The third-order valence-corrected chi connectivity index (χ3v) is 34.5. The van der Waals surface area contributed by atoms with E-state index in [2.05, 4.69) is 422 Å². The number of thioether (sulfide) groups is 9. The van der Waals surface area contributed by atoms with Crippen LogP contribution in [-0.2, 0) is 33.6 Å². The van der Waals surface area contributed by atoms with E-state index < -0.39 is 5.92 Å². The molecule has 0 saturated heterocycles. The Morgan fingerprint density at radius 2 is 0.638 bits per heavy atom. The van der Waals surface area contributed by atoms with Gasteiger partial charge in [0.1, 0.15) is 23.3 Å². The molecule has 0 aliphatic rings. The summed E-state index contributed by atoms with van der Waals surface area (Å²) < 4.78 is 0. The van der Waals surface area contributed by atoms with Crippen molar-refractivity contribution in [1.82, 2.24) is 25.8 Å². The van der Waals surface area contributed by atoms with E-state index in [-0.39, 0.29) is 68.3 Å². The fourth-order valence-corrected chi connectivity index (χ4v) is 21.9. The lowest BCUT2D eigenvalue weighted by molar-refractivity contribution is -0.127. The van der Waals surface area contributed by atoms with Gasteiger partial charge in [-0.05, 0) is 220 Å². The zero-order valence-corrected chi connectivity index (χ0v) is 117. The van der Waals surface area contributed by atoms with Crippen LogP contribution in [0.1, 0.15) is 477 Å². The maximum absolute atomic E-state index is 12.1. The van der Waals surface area contributed by atoms with Crippen LogP contribution >= 0.6 is 106 Å². The van der Waals surface area contributed by atoms with Crippen molar-refractivity contribution < 1.29 is 43.8 Å². The summed E-state index contributed by atoms with van der Waals surface area (Å²) in [7, 11) is 6.04. The highest BCUT2D eigenvalue weighted by Gasteiger charge is 2.29. The molecule has 24 heteroatoms. The van der Waals surface area contributed by atoms with Gasteiger partial charge in [-0.1, -0.05) is 381 Å². The van der Waals surface area contributed by atoms with Crippen LogP contribution in [0.3, 0.4) is 0 Å². The molecule has 5 N–H and O–H groups in total. The SMILES string of the molecule is CC(C)(C)CCC(=O)CCSCC(C)(C)C.CC(C)(C)CCCC(=O)CCSCC(C)(C)C.CC(C)(C)CCCC(=O)CSCC(C)(C)C.CC(C)(C)CNC(=O)C(C#N)CCSCC(C)(C)C.CC(C)(C)CSCC(O)C(C)(C)C.CC(C)(C)CSCC(O)CC(C)(C)C.CC(CC(=O)NCC(C)(C)C)SCC(C)(C)C.CN(C)CC(CC(=O)NCC(C)(C)C)SCC(C)(C)C.CN(CCC(C)(C)C)C(=O)CSCC(C)(C)C. The second kappa shape index (κ2) is 80.3. The number of carbonyl (C=O) groups is 7. The maximum Gasteiger partial charge on any atom is 0.237 e. The summed E-state index contributed by atoms with van der Waals surface area (Å²) in [6, 6.07) is 2.11. The second-order valence-electron chi connectivity index (χ2n) is 63.8. The molecule has 5 unspecified atom stereocenters. The molecular formula is C125H256N6O9S9. The van der Waals surface area contributed by atoms with E-state index in [0.29, 0.717) is 130 Å². The summed E-state index contributed by atoms with van der Waals surface area (Å²) >= 11 is 16.6. The van der Waals surface area contributed by atoms with E-state index in [0.717, 1.165) is 184 Å². The van der Waals surface area contributed by atoms with Crippen LogP contribution in [0, 0.1) is 115 Å². The number of aliphatic hydroxyl groups excluding tert-OH is 2. The number of rotatable bonds is 49. The monoisotopic (exact) mass is 2270 g/mol. The van der Waals surface area contributed by atoms with E-state index in [1.807, 2.05) is 94.3 Å². The fraction of sp³-hybridized carbons (Fsp3) is 0.936. The Balaban J connectivity index is -0.000000212. The Labute approximate surface area is 968 Å². The summed E-state index contributed by atoms with van der Waals surface area (Å²) in [5.41, 5.74) is 4.96. The highest BCUT2D eigenvalue weighted by atomic mass is 32.2. The minimum Gasteiger partial charge on any atom is -0.392 e. The normalized spacial score (nSPS) is 13.9. The summed E-state index contributed by atoms with van der Waals surface area (Å²) in [6.45, 7) is 124. The Bertz CT molecular complexity index is 3420. The predicted molar refractivity (Wildman–Crippen MR) is 690 cm³/mol. The minimum absolute atomic E-state index is 0.0187. The molecule has 0 fully saturated rings. The second-order valence-corrected chi connectivity index (χ2v) is 73.9. The molecule has 0 aromatic carbocycles. The standard InChI is InChI=1S/C16H34N2OS.C15H28N2OS.C15H30OS.2C14H29NOS.2C14H28OS.C12H26OS.C11H24OS/c1-15(2,3)11-17-14(19)9-13(10-18(7)8)20-12-16(4,5)6;1-14(2,3)10-17-13(18)12(9-16)7-8-19-11-15(4,5)6;1-14(2,3)10-7-8-13(16)9-11-17-12-15(4,5)6;1-11(17-10-14(5,6)7)8-12(16)15-9-13(2,3)4;1-13(2,3)8-9-15(7)12(16)10-17-11-14(4,5)6;1-13(2,3)9-7-12(15)8-10-16-11-14(4,5)6;1-13(2,3)9-7-8-12(15)10-16-11-14(4,5)6;1-11(2,3)7-10(13)8-14-9-12(4,5)6;1-10(2,3)8-13-7-9(12)11(4,5)6/h13H,9-12H2,1-8H3,(H,17,19);12H,7-8,10-11H2,1-6H3,(H,17,18);7-12H2,1-6H3;11H,8-10H2,1-7H3,(H,15,16);8-11H2,1-7H3;2*7-11H2,1-6H3;10,13H,7-9H2,1-6H3;9,12H,7-8H2,1-6H3. The van der Waals surface area contributed by atoms with Gasteiger partial charge in [-0.2, -0.15) is 111 Å². The highest BCUT2D eigenvalue weighted by molar-refractivity contribution is 8.01. The van der Waals surface area contributed by atoms with Crippen LogP contribution in [0.4, 0.5) is 0 Å². The van der Waals surface area contributed by atoms with E-state index in [1.54, 1.807) is 23.5 Å². The van der Waals surface area contributed by atoms with Crippen molar-refractivity contribution in [2.45, 2.75) is 500 Å². The van der Waals surface area contributed by atoms with Crippen LogP contribution in [0.5, 0.6) is 0 Å². The van der Waals surface area contributed by atoms with Crippen molar-refractivity contribution in [3.8, 4) is 6.07 Å². The topological polar surface area (TPSA) is 226 Å². The molecule has 0 spiro atoms. The lowest BCUT2D eigenvalue weighted by Gasteiger charge is -2.26. The lowest BCUT2D eigenvalue weighted by Crippen LogP contribution is -2.36. The first kappa shape index (κ1) is 166. The molecule has 15 nitrogen and oxygen atoms in total. The van der Waals surface area contributed by atoms with Gasteiger partial charge in [0, 0.05) is 118 Å². The molecule has 0 rings (SSSR count). The molecule has 0 aromatic heterocycles. The largest absolute Gasteiger partial charge is 0.392 e. The first-order valence-electron chi connectivity index (χ1n) is 56.3. The molecule has 894 valence electrons. The summed E-state index contributed by atoms with van der Waals surface area (Å²) in [5, 5.41) is 38.3. The van der Waals surface area contributed by atoms with Gasteiger partial charge >= 0.3 is 0 Å². The number of nitrogens with zero attached hydrogens (tertiary/aromatic N) is 3. The van der Waals surface area contributed by atoms with E-state index in [4.69, 9.17) is 5.26 Å². The third-order valence-electron chi connectivity index (χ3n) is 19.7. The maximum atomic E-state index is 12.1. The number of Topliss-reactive ketones (excluding diaryl/α,β-unsaturated/α-hetero) is 3. The van der Waals surface area contributed by atoms with E-state index >= 15 is 0 Å². The quantitative estimate of drug-likeness (QED) is 0.0357. The van der Waals surface area contributed by atoms with Crippen molar-refractivity contribution in [3.63, 3.8) is 0 Å². The molecule has 0 bridgehead atoms. The van der Waals surface area contributed by atoms with Crippen LogP contribution < -0.4 is 16.0 Å². The van der Waals surface area contributed by atoms with Gasteiger partial charge in [0.2, 0.25) is 23.6 Å². The van der Waals surface area contributed by atoms with Crippen molar-refractivity contribution >= 4 is 147 Å². The molecule has 0 radical (unpaired) electrons. The number of nitrogens with one attached hydrogen (secondary N) is 3. The van der Waals surface area contributed by atoms with Crippen molar-refractivity contribution in [3.05, 3.63) is 0 Å². The van der Waals surface area contributed by atoms with Gasteiger partial charge in [-0.15, -0.1) is 0 Å². The number of hydrogen-bond acceptors (Lipinski definition) is 20. The Kier molecular flexibility index (Phi) is 89.4. The number of ketones is 3. The number of nitriles is 1. The zero-order chi connectivity index (χ0) is 120. The Morgan fingerprint density at radius 3 is 0.973 bits per heavy atom. The first-order chi connectivity index (χ1) is 66.0. The molecule has 0 saturated carbocycles. The highest BCUT2D eigenvalue weighted by Crippen LogP contribution is 2.35. The smallest absolute Gasteiger partial charge is 0.237 e. The minimum atomic E-state index is -0.519. The molecule has 4 amide bonds. The Morgan fingerprint density at radius 1 is 0.322 bits per heavy atom. The third kappa shape index (κ3) is 158. The molecule has 149 heavy (non-hydrogen) atoms. The molecular weight excluding hydrogens is 2020 g/mol. The zero-order valence-electron chi connectivity index (χ0n) is 110. The van der Waals surface area contributed by atoms with Gasteiger partial charge in [-0.3, -0.25) is 33.6 Å². The molecule has 0 aromatic rings. The van der Waals surface area contributed by atoms with Crippen LogP contribution in [0.2, 0.25) is 0 Å². The van der Waals surface area contributed by atoms with Crippen LogP contribution in [-0.4, -0.2) is 230 Å². The van der Waals surface area contributed by atoms with Crippen molar-refractivity contribution in [1.29, 1.82) is 5.26 Å². The van der Waals surface area contributed by atoms with Gasteiger partial charge in [0.15, 0.2) is 0 Å². The number of aliphatic hydroxyl groups is 2. The fourth-order valence-electron chi connectivity index (χ4n) is 11.3. The summed E-state index contributed by atoms with van der Waals surface area (Å²) in [4.78, 5) is 86.3.